The zero-order chi connectivity index (χ0) is 18.4. The lowest BCUT2D eigenvalue weighted by Crippen LogP contribution is -2.36. The van der Waals surface area contributed by atoms with Gasteiger partial charge in [-0.2, -0.15) is 0 Å². The number of nitrogens with zero attached hydrogens (tertiary/aromatic N) is 1. The third kappa shape index (κ3) is 3.02. The number of hydrogen-bond donors (Lipinski definition) is 2. The molecule has 0 aliphatic heterocycles. The van der Waals surface area contributed by atoms with E-state index in [1.807, 2.05) is 12.2 Å². The van der Waals surface area contributed by atoms with Crippen LogP contribution in [0, 0.1) is 23.7 Å². The van der Waals surface area contributed by atoms with Crippen LogP contribution in [0.2, 0.25) is 10.0 Å². The van der Waals surface area contributed by atoms with Crippen LogP contribution >= 0.6 is 34.5 Å². The Bertz CT molecular complexity index is 927. The van der Waals surface area contributed by atoms with Crippen molar-refractivity contribution in [2.45, 2.75) is 6.42 Å². The van der Waals surface area contributed by atoms with Crippen LogP contribution < -0.4 is 5.32 Å². The van der Waals surface area contributed by atoms with Gasteiger partial charge in [-0.25, -0.2) is 4.98 Å². The fourth-order valence-electron chi connectivity index (χ4n) is 3.86. The predicted octanol–water partition coefficient (Wildman–Crippen LogP) is 4.58. The van der Waals surface area contributed by atoms with Gasteiger partial charge in [-0.1, -0.05) is 35.4 Å². The quantitative estimate of drug-likeness (QED) is 0.725. The number of carbonyl (C=O) groups is 2. The van der Waals surface area contributed by atoms with Crippen LogP contribution in [0.25, 0.3) is 11.3 Å². The van der Waals surface area contributed by atoms with Crippen molar-refractivity contribution in [2.24, 2.45) is 23.7 Å². The van der Waals surface area contributed by atoms with Crippen molar-refractivity contribution in [3.05, 3.63) is 45.8 Å². The van der Waals surface area contributed by atoms with Crippen molar-refractivity contribution in [2.75, 3.05) is 5.32 Å². The van der Waals surface area contributed by atoms with Gasteiger partial charge in [-0.05, 0) is 36.5 Å². The highest BCUT2D eigenvalue weighted by Gasteiger charge is 2.51. The smallest absolute Gasteiger partial charge is 0.307 e. The van der Waals surface area contributed by atoms with Crippen LogP contribution in [-0.2, 0) is 9.59 Å². The third-order valence-corrected chi connectivity index (χ3v) is 6.29. The average Bonchev–Trinajstić information content (AvgIpc) is 3.29. The number of fused-ring (bicyclic) bond motifs is 2. The van der Waals surface area contributed by atoms with E-state index in [0.29, 0.717) is 20.9 Å². The van der Waals surface area contributed by atoms with Crippen LogP contribution in [0.1, 0.15) is 6.42 Å². The van der Waals surface area contributed by atoms with Crippen LogP contribution in [0.5, 0.6) is 0 Å². The number of thiazole rings is 1. The highest BCUT2D eigenvalue weighted by molar-refractivity contribution is 7.14. The normalized spacial score (nSPS) is 26.2. The number of benzene rings is 1. The second-order valence-electron chi connectivity index (χ2n) is 6.49. The molecule has 0 spiro atoms. The summed E-state index contributed by atoms with van der Waals surface area (Å²) in [6, 6.07) is 5.13. The molecule has 1 aromatic heterocycles. The Morgan fingerprint density at radius 3 is 2.62 bits per heavy atom. The van der Waals surface area contributed by atoms with E-state index >= 15 is 0 Å². The van der Waals surface area contributed by atoms with Crippen molar-refractivity contribution in [1.29, 1.82) is 0 Å². The summed E-state index contributed by atoms with van der Waals surface area (Å²) >= 11 is 13.4. The fourth-order valence-corrected chi connectivity index (χ4v) is 5.08. The van der Waals surface area contributed by atoms with Crippen LogP contribution in [0.3, 0.4) is 0 Å². The molecule has 5 nitrogen and oxygen atoms in total. The Morgan fingerprint density at radius 2 is 1.92 bits per heavy atom. The molecular weight excluding hydrogens is 395 g/mol. The van der Waals surface area contributed by atoms with Gasteiger partial charge in [0, 0.05) is 16.0 Å². The first-order chi connectivity index (χ1) is 12.4. The summed E-state index contributed by atoms with van der Waals surface area (Å²) in [6.45, 7) is 0. The Kier molecular flexibility index (Phi) is 4.50. The number of nitrogens with one attached hydrogen (secondary N) is 1. The molecule has 1 heterocycles. The third-order valence-electron chi connectivity index (χ3n) is 4.99. The molecule has 1 saturated carbocycles. The highest BCUT2D eigenvalue weighted by Crippen LogP contribution is 2.48. The Labute approximate surface area is 163 Å². The minimum absolute atomic E-state index is 0.0220. The number of amides is 1. The van der Waals surface area contributed by atoms with Gasteiger partial charge in [0.05, 0.1) is 22.6 Å². The lowest BCUT2D eigenvalue weighted by Gasteiger charge is -2.23. The second kappa shape index (κ2) is 6.68. The number of aliphatic carboxylic acids is 1. The zero-order valence-corrected chi connectivity index (χ0v) is 15.7. The molecule has 4 atom stereocenters. The van der Waals surface area contributed by atoms with Crippen molar-refractivity contribution >= 4 is 51.5 Å². The molecule has 134 valence electrons. The molecule has 2 aromatic rings. The molecule has 2 aliphatic carbocycles. The first-order valence-corrected chi connectivity index (χ1v) is 9.70. The highest BCUT2D eigenvalue weighted by atomic mass is 35.5. The maximum Gasteiger partial charge on any atom is 0.307 e. The molecule has 0 radical (unpaired) electrons. The summed E-state index contributed by atoms with van der Waals surface area (Å²) in [5.74, 6) is -2.53. The number of aromatic nitrogens is 1. The topological polar surface area (TPSA) is 79.3 Å². The maximum atomic E-state index is 12.7. The summed E-state index contributed by atoms with van der Waals surface area (Å²) in [5.41, 5.74) is 1.36. The summed E-state index contributed by atoms with van der Waals surface area (Å²) in [7, 11) is 0. The van der Waals surface area contributed by atoms with E-state index in [1.54, 1.807) is 23.6 Å². The number of carboxylic acids is 1. The standard InChI is InChI=1S/C18H14Cl2N2O3S/c19-10-3-4-11(12(20)6-10)13-7-26-18(21-13)22-16(23)14-8-1-2-9(5-8)15(14)17(24)25/h1-4,6-9,14-15H,5H2,(H,24,25)(H,21,22,23)/t8-,9-,14+,15-/m0/s1. The lowest BCUT2D eigenvalue weighted by molar-refractivity contribution is -0.146. The number of carbonyl (C=O) groups excluding carboxylic acids is 1. The molecule has 2 bridgehead atoms. The number of hydrogen-bond acceptors (Lipinski definition) is 4. The summed E-state index contributed by atoms with van der Waals surface area (Å²) in [5, 5.41) is 15.5. The Balaban J connectivity index is 1.53. The van der Waals surface area contributed by atoms with Crippen molar-refractivity contribution < 1.29 is 14.7 Å². The number of carboxylic acid groups (broad SMARTS) is 1. The van der Waals surface area contributed by atoms with Crippen LogP contribution in [-0.4, -0.2) is 22.0 Å². The van der Waals surface area contributed by atoms with Gasteiger partial charge in [0.15, 0.2) is 5.13 Å². The Hall–Kier alpha value is -1.89. The predicted molar refractivity (Wildman–Crippen MR) is 102 cm³/mol. The monoisotopic (exact) mass is 408 g/mol. The van der Waals surface area contributed by atoms with Gasteiger partial charge in [-0.15, -0.1) is 11.3 Å². The fraction of sp³-hybridized carbons (Fsp3) is 0.278. The molecule has 1 aromatic carbocycles. The SMILES string of the molecule is O=C(O)[C@@H]1[C@H](C(=O)Nc2nc(-c3ccc(Cl)cc3Cl)cs2)[C@H]2C=C[C@H]1C2. The van der Waals surface area contributed by atoms with Crippen molar-refractivity contribution in [3.8, 4) is 11.3 Å². The Morgan fingerprint density at radius 1 is 1.19 bits per heavy atom. The average molecular weight is 409 g/mol. The van der Waals surface area contributed by atoms with Crippen LogP contribution in [0.4, 0.5) is 5.13 Å². The minimum atomic E-state index is -0.922. The van der Waals surface area contributed by atoms with Gasteiger partial charge in [0.1, 0.15) is 0 Å². The van der Waals surface area contributed by atoms with E-state index in [4.69, 9.17) is 23.2 Å². The van der Waals surface area contributed by atoms with E-state index in [0.717, 1.165) is 12.0 Å². The number of allylic oxidation sites excluding steroid dienone is 2. The van der Waals surface area contributed by atoms with Gasteiger partial charge in [0.25, 0.3) is 0 Å². The van der Waals surface area contributed by atoms with Crippen LogP contribution in [0.15, 0.2) is 35.7 Å². The minimum Gasteiger partial charge on any atom is -0.481 e. The first-order valence-electron chi connectivity index (χ1n) is 8.07. The number of halogens is 2. The van der Waals surface area contributed by atoms with Crippen molar-refractivity contribution in [3.63, 3.8) is 0 Å². The number of anilines is 1. The lowest BCUT2D eigenvalue weighted by atomic mass is 9.82. The van der Waals surface area contributed by atoms with Gasteiger partial charge >= 0.3 is 5.97 Å². The largest absolute Gasteiger partial charge is 0.481 e. The molecule has 0 saturated heterocycles. The molecule has 8 heteroatoms. The van der Waals surface area contributed by atoms with Gasteiger partial charge in [0.2, 0.25) is 5.91 Å². The summed E-state index contributed by atoms with van der Waals surface area (Å²) in [6.07, 6.45) is 4.59. The molecule has 1 amide bonds. The maximum absolute atomic E-state index is 12.7. The van der Waals surface area contributed by atoms with Crippen molar-refractivity contribution in [1.82, 2.24) is 4.98 Å². The number of rotatable bonds is 4. The summed E-state index contributed by atoms with van der Waals surface area (Å²) < 4.78 is 0. The van der Waals surface area contributed by atoms with E-state index in [9.17, 15) is 14.7 Å². The van der Waals surface area contributed by atoms with Gasteiger partial charge < -0.3 is 10.4 Å². The van der Waals surface area contributed by atoms with E-state index in [-0.39, 0.29) is 17.7 Å². The molecule has 2 N–H and O–H groups in total. The van der Waals surface area contributed by atoms with E-state index in [1.165, 1.54) is 11.3 Å². The second-order valence-corrected chi connectivity index (χ2v) is 8.19. The zero-order valence-electron chi connectivity index (χ0n) is 13.4. The van der Waals surface area contributed by atoms with E-state index < -0.39 is 17.8 Å². The first kappa shape index (κ1) is 17.5. The molecule has 0 unspecified atom stereocenters. The molecule has 4 rings (SSSR count). The molecule has 26 heavy (non-hydrogen) atoms. The molecular formula is C18H14Cl2N2O3S. The molecule has 1 fully saturated rings. The molecule has 2 aliphatic rings. The van der Waals surface area contributed by atoms with Gasteiger partial charge in [-0.3, -0.25) is 9.59 Å². The van der Waals surface area contributed by atoms with E-state index in [2.05, 4.69) is 10.3 Å². The summed E-state index contributed by atoms with van der Waals surface area (Å²) in [4.78, 5) is 28.7.